The first-order chi connectivity index (χ1) is 9.83. The summed E-state index contributed by atoms with van der Waals surface area (Å²) in [5.74, 6) is 0. The number of fused-ring (bicyclic) bond motifs is 1. The van der Waals surface area contributed by atoms with Gasteiger partial charge in [-0.05, 0) is 49.8 Å². The van der Waals surface area contributed by atoms with Crippen molar-refractivity contribution in [3.8, 4) is 0 Å². The number of hydrogen-bond acceptors (Lipinski definition) is 2. The van der Waals surface area contributed by atoms with Crippen molar-refractivity contribution in [1.29, 1.82) is 0 Å². The number of rotatable bonds is 3. The second-order valence-electron chi connectivity index (χ2n) is 6.38. The maximum Gasteiger partial charge on any atom is 0.0845 e. The first-order valence-electron chi connectivity index (χ1n) is 8.27. The van der Waals surface area contributed by atoms with Gasteiger partial charge >= 0.3 is 0 Å². The molecule has 0 radical (unpaired) electrons. The second-order valence-corrected chi connectivity index (χ2v) is 6.38. The summed E-state index contributed by atoms with van der Waals surface area (Å²) in [4.78, 5) is 0. The van der Waals surface area contributed by atoms with Gasteiger partial charge in [-0.3, -0.25) is 0 Å². The van der Waals surface area contributed by atoms with Crippen molar-refractivity contribution < 1.29 is 4.74 Å². The average Bonchev–Trinajstić information content (AvgIpc) is 2.74. The van der Waals surface area contributed by atoms with Crippen LogP contribution in [-0.4, -0.2) is 18.7 Å². The van der Waals surface area contributed by atoms with Gasteiger partial charge in [0.05, 0.1) is 12.7 Å². The predicted octanol–water partition coefficient (Wildman–Crippen LogP) is 4.00. The molecule has 3 rings (SSSR count). The van der Waals surface area contributed by atoms with Gasteiger partial charge in [0.1, 0.15) is 0 Å². The van der Waals surface area contributed by atoms with Crippen molar-refractivity contribution in [3.05, 3.63) is 35.4 Å². The van der Waals surface area contributed by atoms with E-state index in [4.69, 9.17) is 4.74 Å². The van der Waals surface area contributed by atoms with Crippen LogP contribution in [-0.2, 0) is 11.2 Å². The van der Waals surface area contributed by atoms with Crippen molar-refractivity contribution in [2.24, 2.45) is 0 Å². The zero-order valence-electron chi connectivity index (χ0n) is 12.7. The third-order valence-electron chi connectivity index (χ3n) is 5.18. The lowest BCUT2D eigenvalue weighted by Crippen LogP contribution is -2.46. The quantitative estimate of drug-likeness (QED) is 0.898. The SMILES string of the molecule is CCC1(CC2OCCc3ccccc32)CCCCCN1. The molecule has 0 aliphatic carbocycles. The fourth-order valence-electron chi connectivity index (χ4n) is 3.83. The first-order valence-corrected chi connectivity index (χ1v) is 8.27. The molecule has 1 aromatic carbocycles. The molecule has 1 fully saturated rings. The minimum atomic E-state index is 0.283. The van der Waals surface area contributed by atoms with Gasteiger partial charge in [0.15, 0.2) is 0 Å². The van der Waals surface area contributed by atoms with Crippen molar-refractivity contribution in [1.82, 2.24) is 5.32 Å². The lowest BCUT2D eigenvalue weighted by molar-refractivity contribution is 0.0135. The molecule has 1 N–H and O–H groups in total. The van der Waals surface area contributed by atoms with Crippen LogP contribution in [0.5, 0.6) is 0 Å². The third-order valence-corrected chi connectivity index (χ3v) is 5.18. The highest BCUT2D eigenvalue weighted by atomic mass is 16.5. The van der Waals surface area contributed by atoms with E-state index in [1.807, 2.05) is 0 Å². The van der Waals surface area contributed by atoms with E-state index in [9.17, 15) is 0 Å². The van der Waals surface area contributed by atoms with Gasteiger partial charge in [-0.2, -0.15) is 0 Å². The molecule has 2 atom stereocenters. The van der Waals surface area contributed by atoms with Gasteiger partial charge < -0.3 is 10.1 Å². The summed E-state index contributed by atoms with van der Waals surface area (Å²) in [6.07, 6.45) is 9.03. The maximum atomic E-state index is 6.13. The van der Waals surface area contributed by atoms with Gasteiger partial charge in [0, 0.05) is 5.54 Å². The van der Waals surface area contributed by atoms with Crippen LogP contribution in [0.1, 0.15) is 62.7 Å². The molecule has 110 valence electrons. The Morgan fingerprint density at radius 2 is 2.15 bits per heavy atom. The van der Waals surface area contributed by atoms with E-state index >= 15 is 0 Å². The molecule has 2 heteroatoms. The van der Waals surface area contributed by atoms with E-state index < -0.39 is 0 Å². The first kappa shape index (κ1) is 14.1. The summed E-state index contributed by atoms with van der Waals surface area (Å²) in [7, 11) is 0. The monoisotopic (exact) mass is 273 g/mol. The van der Waals surface area contributed by atoms with E-state index in [-0.39, 0.29) is 11.6 Å². The van der Waals surface area contributed by atoms with Crippen LogP contribution in [0.2, 0.25) is 0 Å². The Morgan fingerprint density at radius 1 is 1.25 bits per heavy atom. The van der Waals surface area contributed by atoms with Gasteiger partial charge in [0.2, 0.25) is 0 Å². The van der Waals surface area contributed by atoms with E-state index in [2.05, 4.69) is 36.5 Å². The van der Waals surface area contributed by atoms with E-state index in [0.29, 0.717) is 0 Å². The molecule has 0 aromatic heterocycles. The molecular weight excluding hydrogens is 246 g/mol. The number of ether oxygens (including phenoxy) is 1. The van der Waals surface area contributed by atoms with E-state index in [1.165, 1.54) is 49.8 Å². The number of hydrogen-bond donors (Lipinski definition) is 1. The van der Waals surface area contributed by atoms with Gasteiger partial charge in [-0.25, -0.2) is 0 Å². The largest absolute Gasteiger partial charge is 0.373 e. The highest BCUT2D eigenvalue weighted by Gasteiger charge is 2.34. The Labute approximate surface area is 122 Å². The molecular formula is C18H27NO. The van der Waals surface area contributed by atoms with Crippen molar-refractivity contribution in [2.75, 3.05) is 13.2 Å². The minimum Gasteiger partial charge on any atom is -0.373 e. The topological polar surface area (TPSA) is 21.3 Å². The van der Waals surface area contributed by atoms with Crippen LogP contribution in [0, 0.1) is 0 Å². The summed E-state index contributed by atoms with van der Waals surface area (Å²) in [5, 5.41) is 3.84. The molecule has 20 heavy (non-hydrogen) atoms. The predicted molar refractivity (Wildman–Crippen MR) is 82.9 cm³/mol. The Balaban J connectivity index is 1.79. The normalized spacial score (nSPS) is 30.6. The maximum absolute atomic E-state index is 6.13. The summed E-state index contributed by atoms with van der Waals surface area (Å²) in [5.41, 5.74) is 3.20. The minimum absolute atomic E-state index is 0.283. The van der Waals surface area contributed by atoms with E-state index in [0.717, 1.165) is 19.4 Å². The molecule has 0 bridgehead atoms. The summed E-state index contributed by atoms with van der Waals surface area (Å²) in [6.45, 7) is 4.37. The summed E-state index contributed by atoms with van der Waals surface area (Å²) < 4.78 is 6.13. The highest BCUT2D eigenvalue weighted by Crippen LogP contribution is 2.37. The smallest absolute Gasteiger partial charge is 0.0845 e. The van der Waals surface area contributed by atoms with E-state index in [1.54, 1.807) is 0 Å². The lowest BCUT2D eigenvalue weighted by Gasteiger charge is -2.38. The molecule has 1 saturated heterocycles. The number of nitrogens with one attached hydrogen (secondary N) is 1. The molecule has 0 saturated carbocycles. The Bertz CT molecular complexity index is 435. The molecule has 2 unspecified atom stereocenters. The van der Waals surface area contributed by atoms with Crippen LogP contribution >= 0.6 is 0 Å². The lowest BCUT2D eigenvalue weighted by atomic mass is 9.81. The zero-order valence-corrected chi connectivity index (χ0v) is 12.7. The van der Waals surface area contributed by atoms with Gasteiger partial charge in [-0.15, -0.1) is 0 Å². The second kappa shape index (κ2) is 6.28. The van der Waals surface area contributed by atoms with Crippen LogP contribution in [0.15, 0.2) is 24.3 Å². The molecule has 2 nitrogen and oxygen atoms in total. The Morgan fingerprint density at radius 3 is 3.05 bits per heavy atom. The van der Waals surface area contributed by atoms with Gasteiger partial charge in [-0.1, -0.05) is 44.0 Å². The molecule has 2 aliphatic heterocycles. The van der Waals surface area contributed by atoms with Crippen molar-refractivity contribution >= 4 is 0 Å². The Kier molecular flexibility index (Phi) is 4.42. The highest BCUT2D eigenvalue weighted by molar-refractivity contribution is 5.31. The Hall–Kier alpha value is -0.860. The van der Waals surface area contributed by atoms with Crippen LogP contribution in [0.25, 0.3) is 0 Å². The summed E-state index contributed by atoms with van der Waals surface area (Å²) in [6, 6.07) is 8.84. The molecule has 0 spiro atoms. The number of benzene rings is 1. The molecule has 1 aromatic rings. The molecule has 2 aliphatic rings. The van der Waals surface area contributed by atoms with Crippen molar-refractivity contribution in [2.45, 2.75) is 63.5 Å². The zero-order chi connectivity index (χ0) is 13.8. The molecule has 0 amide bonds. The standard InChI is InChI=1S/C18H27NO/c1-2-18(11-6-3-7-12-19-18)14-17-16-9-5-4-8-15(16)10-13-20-17/h4-5,8-9,17,19H,2-3,6-7,10-14H2,1H3. The summed E-state index contributed by atoms with van der Waals surface area (Å²) >= 11 is 0. The molecule has 2 heterocycles. The van der Waals surface area contributed by atoms with Crippen molar-refractivity contribution in [3.63, 3.8) is 0 Å². The third kappa shape index (κ3) is 2.91. The van der Waals surface area contributed by atoms with Gasteiger partial charge in [0.25, 0.3) is 0 Å². The van der Waals surface area contributed by atoms with Crippen LogP contribution < -0.4 is 5.32 Å². The van der Waals surface area contributed by atoms with Crippen LogP contribution in [0.4, 0.5) is 0 Å². The van der Waals surface area contributed by atoms with Crippen LogP contribution in [0.3, 0.4) is 0 Å². The average molecular weight is 273 g/mol. The fourth-order valence-corrected chi connectivity index (χ4v) is 3.83. The fraction of sp³-hybridized carbons (Fsp3) is 0.667.